The molecule has 3 aliphatic rings. The number of nitrogens with two attached hydrogens (primary N) is 2. The predicted octanol–water partition coefficient (Wildman–Crippen LogP) is 2.67. The second-order valence-corrected chi connectivity index (χ2v) is 11.9. The second-order valence-electron chi connectivity index (χ2n) is 11.5. The number of halogens is 1. The topological polar surface area (TPSA) is 152 Å². The van der Waals surface area contributed by atoms with Crippen molar-refractivity contribution in [3.8, 4) is 5.75 Å². The minimum absolute atomic E-state index is 0.0112. The van der Waals surface area contributed by atoms with Gasteiger partial charge in [0.25, 0.3) is 0 Å². The number of hydrogen-bond acceptors (Lipinski definition) is 8. The van der Waals surface area contributed by atoms with Crippen molar-refractivity contribution in [2.45, 2.75) is 57.9 Å². The zero-order valence-electron chi connectivity index (χ0n) is 24.2. The molecule has 5 N–H and O–H groups in total. The number of amides is 2. The van der Waals surface area contributed by atoms with E-state index in [0.29, 0.717) is 60.9 Å². The minimum atomic E-state index is -1.15. The van der Waals surface area contributed by atoms with Crippen LogP contribution >= 0.6 is 11.6 Å². The molecular formula is C29H42ClN5O6. The number of carbonyl (C=O) groups excluding carboxylic acids is 2. The van der Waals surface area contributed by atoms with Crippen LogP contribution in [0.1, 0.15) is 62.6 Å². The molecule has 226 valence electrons. The van der Waals surface area contributed by atoms with Crippen LogP contribution in [0.15, 0.2) is 23.5 Å². The maximum absolute atomic E-state index is 14.3. The van der Waals surface area contributed by atoms with Crippen LogP contribution in [-0.4, -0.2) is 84.7 Å². The zero-order chi connectivity index (χ0) is 29.9. The van der Waals surface area contributed by atoms with Crippen molar-refractivity contribution in [1.82, 2.24) is 14.8 Å². The fraction of sp³-hybridized carbons (Fsp3) is 0.621. The summed E-state index contributed by atoms with van der Waals surface area (Å²) in [6.07, 6.45) is 4.21. The van der Waals surface area contributed by atoms with Crippen molar-refractivity contribution in [2.24, 2.45) is 22.9 Å². The first-order valence-corrected chi connectivity index (χ1v) is 14.6. The van der Waals surface area contributed by atoms with Crippen LogP contribution < -0.4 is 16.3 Å². The number of carbonyl (C=O) groups is 3. The molecule has 4 rings (SSSR count). The number of benzene rings is 1. The van der Waals surface area contributed by atoms with Gasteiger partial charge < -0.3 is 35.1 Å². The average Bonchev–Trinajstić information content (AvgIpc) is 3.35. The van der Waals surface area contributed by atoms with E-state index in [9.17, 15) is 19.5 Å². The van der Waals surface area contributed by atoms with Crippen LogP contribution in [-0.2, 0) is 25.5 Å². The highest BCUT2D eigenvalue weighted by Crippen LogP contribution is 2.46. The summed E-state index contributed by atoms with van der Waals surface area (Å²) in [5.41, 5.74) is 7.71. The van der Waals surface area contributed by atoms with Crippen molar-refractivity contribution in [1.29, 1.82) is 0 Å². The number of nitrogens with zero attached hydrogens (tertiary/aromatic N) is 3. The predicted molar refractivity (Wildman–Crippen MR) is 154 cm³/mol. The van der Waals surface area contributed by atoms with Gasteiger partial charge in [-0.3, -0.25) is 14.4 Å². The summed E-state index contributed by atoms with van der Waals surface area (Å²) in [6, 6.07) is 2.97. The maximum Gasteiger partial charge on any atom is 0.310 e. The highest BCUT2D eigenvalue weighted by Gasteiger charge is 2.50. The Morgan fingerprint density at radius 2 is 1.95 bits per heavy atom. The van der Waals surface area contributed by atoms with Crippen molar-refractivity contribution in [3.05, 3.63) is 39.7 Å². The van der Waals surface area contributed by atoms with E-state index in [1.165, 1.54) is 5.01 Å². The first-order valence-electron chi connectivity index (χ1n) is 14.2. The van der Waals surface area contributed by atoms with E-state index in [1.807, 2.05) is 0 Å². The Labute approximate surface area is 246 Å². The smallest absolute Gasteiger partial charge is 0.310 e. The summed E-state index contributed by atoms with van der Waals surface area (Å²) < 4.78 is 11.5. The lowest BCUT2D eigenvalue weighted by molar-refractivity contribution is -0.162. The maximum atomic E-state index is 14.3. The van der Waals surface area contributed by atoms with E-state index in [0.717, 1.165) is 30.4 Å². The summed E-state index contributed by atoms with van der Waals surface area (Å²) in [4.78, 5) is 42.9. The molecule has 0 radical (unpaired) electrons. The van der Waals surface area contributed by atoms with Gasteiger partial charge in [0, 0.05) is 50.8 Å². The molecule has 3 atom stereocenters. The number of carboxylic acids is 1. The lowest BCUT2D eigenvalue weighted by atomic mass is 9.66. The molecule has 11 nitrogen and oxygen atoms in total. The number of hydrazine groups is 1. The van der Waals surface area contributed by atoms with E-state index < -0.39 is 23.3 Å². The van der Waals surface area contributed by atoms with E-state index in [2.05, 4.69) is 0 Å². The molecule has 12 heteroatoms. The summed E-state index contributed by atoms with van der Waals surface area (Å²) in [5, 5.41) is 12.1. The second kappa shape index (κ2) is 12.9. The molecule has 41 heavy (non-hydrogen) atoms. The van der Waals surface area contributed by atoms with Crippen molar-refractivity contribution >= 4 is 29.4 Å². The number of likely N-dealkylation sites (N-methyl/N-ethyl adjacent to an activating group) is 1. The highest BCUT2D eigenvalue weighted by molar-refractivity contribution is 6.31. The summed E-state index contributed by atoms with van der Waals surface area (Å²) in [6.45, 7) is 3.13. The van der Waals surface area contributed by atoms with Crippen LogP contribution in [0.2, 0.25) is 5.02 Å². The third-order valence-corrected chi connectivity index (χ3v) is 9.23. The minimum Gasteiger partial charge on any atom is -0.487 e. The molecular weight excluding hydrogens is 550 g/mol. The zero-order valence-corrected chi connectivity index (χ0v) is 24.9. The number of methoxy groups -OCH3 is 1. The van der Waals surface area contributed by atoms with Gasteiger partial charge in [-0.15, -0.1) is 0 Å². The SMILES string of the molecule is COC/C(=C(/N)COc1ccc(Cl)c2c1[C@@H](CN1CCCC1=O)N(C(=O)[C@@H]1CCCC[C@]1(C)C(=O)O)CC2)N(C)N. The monoisotopic (exact) mass is 591 g/mol. The first kappa shape index (κ1) is 30.9. The van der Waals surface area contributed by atoms with Crippen LogP contribution in [0.4, 0.5) is 0 Å². The fourth-order valence-corrected chi connectivity index (χ4v) is 6.71. The molecule has 0 unspecified atom stereocenters. The Kier molecular flexibility index (Phi) is 9.71. The van der Waals surface area contributed by atoms with Gasteiger partial charge in [0.05, 0.1) is 35.4 Å². The van der Waals surface area contributed by atoms with Gasteiger partial charge in [0.2, 0.25) is 11.8 Å². The van der Waals surface area contributed by atoms with E-state index >= 15 is 0 Å². The summed E-state index contributed by atoms with van der Waals surface area (Å²) in [5.74, 6) is 4.65. The molecule has 2 fully saturated rings. The molecule has 0 spiro atoms. The number of aliphatic carboxylic acids is 1. The molecule has 1 aliphatic carbocycles. The largest absolute Gasteiger partial charge is 0.487 e. The van der Waals surface area contributed by atoms with Crippen molar-refractivity contribution in [2.75, 3.05) is 47.0 Å². The molecule has 1 saturated carbocycles. The van der Waals surface area contributed by atoms with Crippen LogP contribution in [0.3, 0.4) is 0 Å². The molecule has 2 aliphatic heterocycles. The number of ether oxygens (including phenoxy) is 2. The Bertz CT molecular complexity index is 1210. The number of fused-ring (bicyclic) bond motifs is 1. The Morgan fingerprint density at radius 1 is 1.20 bits per heavy atom. The van der Waals surface area contributed by atoms with Gasteiger partial charge in [0.1, 0.15) is 12.4 Å². The quantitative estimate of drug-likeness (QED) is 0.275. The standard InChI is InChI=1S/C29H42ClN5O6/c1-29(28(38)39)12-5-4-7-19(29)27(37)35-14-11-18-20(30)9-10-24(41-16-21(31)23(17-40-3)33(2)32)26(18)22(35)15-34-13-6-8-25(34)36/h9-10,19,22H,4-8,11-17,31-32H2,1-3H3,(H,38,39)/b23-21-/t19-,22+,29-/m0/s1. The molecule has 1 aromatic carbocycles. The van der Waals surface area contributed by atoms with Gasteiger partial charge in [0.15, 0.2) is 0 Å². The third-order valence-electron chi connectivity index (χ3n) is 8.88. The van der Waals surface area contributed by atoms with E-state index in [1.54, 1.807) is 43.0 Å². The first-order chi connectivity index (χ1) is 19.5. The molecule has 0 bridgehead atoms. The summed E-state index contributed by atoms with van der Waals surface area (Å²) >= 11 is 6.69. The van der Waals surface area contributed by atoms with E-state index in [-0.39, 0.29) is 31.6 Å². The van der Waals surface area contributed by atoms with Crippen LogP contribution in [0, 0.1) is 11.3 Å². The molecule has 0 aromatic heterocycles. The van der Waals surface area contributed by atoms with Gasteiger partial charge in [-0.25, -0.2) is 5.84 Å². The highest BCUT2D eigenvalue weighted by atomic mass is 35.5. The van der Waals surface area contributed by atoms with Gasteiger partial charge in [-0.1, -0.05) is 24.4 Å². The number of hydrogen-bond donors (Lipinski definition) is 3. The van der Waals surface area contributed by atoms with Crippen LogP contribution in [0.5, 0.6) is 5.75 Å². The lowest BCUT2D eigenvalue weighted by Gasteiger charge is -2.45. The lowest BCUT2D eigenvalue weighted by Crippen LogP contribution is -2.52. The molecule has 2 heterocycles. The normalized spacial score (nSPS) is 25.0. The summed E-state index contributed by atoms with van der Waals surface area (Å²) in [7, 11) is 3.21. The Hall–Kier alpha value is -3.02. The van der Waals surface area contributed by atoms with Gasteiger partial charge in [-0.05, 0) is 50.3 Å². The van der Waals surface area contributed by atoms with Crippen molar-refractivity contribution in [3.63, 3.8) is 0 Å². The van der Waals surface area contributed by atoms with Gasteiger partial charge in [-0.2, -0.15) is 0 Å². The van der Waals surface area contributed by atoms with E-state index in [4.69, 9.17) is 32.7 Å². The molecule has 2 amide bonds. The number of rotatable bonds is 10. The van der Waals surface area contributed by atoms with Gasteiger partial charge >= 0.3 is 5.97 Å². The molecule has 1 saturated heterocycles. The number of carboxylic acid groups (broad SMARTS) is 1. The number of likely N-dealkylation sites (tertiary alicyclic amines) is 1. The Morgan fingerprint density at radius 3 is 2.59 bits per heavy atom. The average molecular weight is 592 g/mol. The van der Waals surface area contributed by atoms with Crippen molar-refractivity contribution < 1.29 is 29.0 Å². The Balaban J connectivity index is 1.74. The third kappa shape index (κ3) is 6.27. The molecule has 1 aromatic rings. The fourth-order valence-electron chi connectivity index (χ4n) is 6.45. The van der Waals surface area contributed by atoms with Crippen LogP contribution in [0.25, 0.3) is 0 Å².